The zero-order valence-electron chi connectivity index (χ0n) is 17.2. The number of benzene rings is 2. The molecule has 0 unspecified atom stereocenters. The van der Waals surface area contributed by atoms with Crippen LogP contribution in [0.3, 0.4) is 0 Å². The van der Waals surface area contributed by atoms with Gasteiger partial charge < -0.3 is 19.7 Å². The van der Waals surface area contributed by atoms with E-state index < -0.39 is 0 Å². The van der Waals surface area contributed by atoms with Gasteiger partial charge in [0.25, 0.3) is 0 Å². The Balaban J connectivity index is 1.61. The Morgan fingerprint density at radius 3 is 2.59 bits per heavy atom. The minimum Gasteiger partial charge on any atom is -0.508 e. The number of nitrogens with one attached hydrogen (secondary N) is 1. The minimum atomic E-state index is -0.268. The third-order valence-corrected chi connectivity index (χ3v) is 6.40. The number of nitrogens with zero attached hydrogens (tertiary/aromatic N) is 2. The lowest BCUT2D eigenvalue weighted by Gasteiger charge is -2.26. The number of thiocarbonyl (C=S) groups is 1. The number of aromatic hydroxyl groups is 1. The van der Waals surface area contributed by atoms with Crippen LogP contribution in [0, 0.1) is 6.92 Å². The molecule has 1 saturated heterocycles. The van der Waals surface area contributed by atoms with Gasteiger partial charge in [-0.1, -0.05) is 29.8 Å². The van der Waals surface area contributed by atoms with Gasteiger partial charge in [-0.25, -0.2) is 0 Å². The van der Waals surface area contributed by atoms with E-state index in [1.54, 1.807) is 18.3 Å². The fourth-order valence-electron chi connectivity index (χ4n) is 4.07. The monoisotopic (exact) mass is 461 g/mol. The Kier molecular flexibility index (Phi) is 5.33. The molecule has 1 fully saturated rings. The summed E-state index contributed by atoms with van der Waals surface area (Å²) in [6, 6.07) is 22.0. The predicted molar refractivity (Wildman–Crippen MR) is 130 cm³/mol. The van der Waals surface area contributed by atoms with Gasteiger partial charge in [-0.05, 0) is 79.3 Å². The lowest BCUT2D eigenvalue weighted by Crippen LogP contribution is -2.29. The summed E-state index contributed by atoms with van der Waals surface area (Å²) in [7, 11) is 0. The van der Waals surface area contributed by atoms with Gasteiger partial charge in [-0.2, -0.15) is 0 Å². The Labute approximate surface area is 196 Å². The highest BCUT2D eigenvalue weighted by atomic mass is 35.5. The first-order valence-corrected chi connectivity index (χ1v) is 11.0. The molecule has 7 heteroatoms. The zero-order valence-corrected chi connectivity index (χ0v) is 18.8. The van der Waals surface area contributed by atoms with Crippen molar-refractivity contribution in [3.05, 3.63) is 101 Å². The fraction of sp³-hybridized carbons (Fsp3) is 0.120. The van der Waals surface area contributed by atoms with Crippen LogP contribution in [0.1, 0.15) is 29.1 Å². The Bertz CT molecular complexity index is 1270. The van der Waals surface area contributed by atoms with Crippen LogP contribution in [0.25, 0.3) is 11.3 Å². The second kappa shape index (κ2) is 8.30. The fourth-order valence-corrected chi connectivity index (χ4v) is 4.59. The molecule has 0 radical (unpaired) electrons. The predicted octanol–water partition coefficient (Wildman–Crippen LogP) is 6.19. The molecule has 2 aromatic heterocycles. The lowest BCUT2D eigenvalue weighted by atomic mass is 10.0. The number of hydrogen-bond donors (Lipinski definition) is 2. The Hall–Kier alpha value is -3.35. The summed E-state index contributed by atoms with van der Waals surface area (Å²) in [6.07, 6.45) is 1.77. The number of hydrogen-bond acceptors (Lipinski definition) is 4. The summed E-state index contributed by atoms with van der Waals surface area (Å²) >= 11 is 12.0. The summed E-state index contributed by atoms with van der Waals surface area (Å²) in [5.74, 6) is 1.68. The van der Waals surface area contributed by atoms with E-state index in [1.165, 1.54) is 0 Å². The maximum Gasteiger partial charge on any atom is 0.174 e. The zero-order chi connectivity index (χ0) is 22.2. The van der Waals surface area contributed by atoms with Crippen molar-refractivity contribution in [3.8, 4) is 17.1 Å². The van der Waals surface area contributed by atoms with E-state index in [0.29, 0.717) is 10.1 Å². The molecule has 4 aromatic rings. The van der Waals surface area contributed by atoms with Crippen LogP contribution >= 0.6 is 23.8 Å². The van der Waals surface area contributed by atoms with Crippen LogP contribution in [0.2, 0.25) is 5.02 Å². The van der Waals surface area contributed by atoms with Gasteiger partial charge in [0, 0.05) is 22.5 Å². The third-order valence-electron chi connectivity index (χ3n) is 5.68. The van der Waals surface area contributed by atoms with Crippen LogP contribution in [-0.4, -0.2) is 15.2 Å². The summed E-state index contributed by atoms with van der Waals surface area (Å²) in [5.41, 5.74) is 3.62. The molecule has 2 N–H and O–H groups in total. The molecular formula is C25H20ClN3O2S. The molecule has 0 bridgehead atoms. The summed E-state index contributed by atoms with van der Waals surface area (Å²) in [5, 5.41) is 14.4. The lowest BCUT2D eigenvalue weighted by molar-refractivity contribution is 0.439. The van der Waals surface area contributed by atoms with Gasteiger partial charge in [0.15, 0.2) is 5.11 Å². The van der Waals surface area contributed by atoms with Crippen LogP contribution < -0.4 is 10.2 Å². The molecule has 32 heavy (non-hydrogen) atoms. The normalized spacial score (nSPS) is 18.1. The first kappa shape index (κ1) is 20.5. The molecule has 1 aliphatic rings. The van der Waals surface area contributed by atoms with Crippen LogP contribution in [0.4, 0.5) is 5.69 Å². The average molecular weight is 462 g/mol. The molecule has 5 rings (SSSR count). The van der Waals surface area contributed by atoms with Crippen LogP contribution in [0.5, 0.6) is 5.75 Å². The van der Waals surface area contributed by atoms with Gasteiger partial charge in [0.05, 0.1) is 11.7 Å². The summed E-state index contributed by atoms with van der Waals surface area (Å²) in [4.78, 5) is 6.56. The van der Waals surface area contributed by atoms with E-state index in [0.717, 1.165) is 34.0 Å². The smallest absolute Gasteiger partial charge is 0.174 e. The minimum absolute atomic E-state index is 0.196. The van der Waals surface area contributed by atoms with Gasteiger partial charge in [0.1, 0.15) is 23.3 Å². The Morgan fingerprint density at radius 1 is 1.03 bits per heavy atom. The highest BCUT2D eigenvalue weighted by Crippen LogP contribution is 2.43. The van der Waals surface area contributed by atoms with Crippen LogP contribution in [-0.2, 0) is 0 Å². The molecular weight excluding hydrogens is 442 g/mol. The number of furan rings is 1. The summed E-state index contributed by atoms with van der Waals surface area (Å²) < 4.78 is 6.39. The quantitative estimate of drug-likeness (QED) is 0.353. The van der Waals surface area contributed by atoms with E-state index in [1.807, 2.05) is 72.5 Å². The number of phenols is 1. The molecule has 3 heterocycles. The summed E-state index contributed by atoms with van der Waals surface area (Å²) in [6.45, 7) is 1.98. The Morgan fingerprint density at radius 2 is 1.84 bits per heavy atom. The van der Waals surface area contributed by atoms with E-state index in [-0.39, 0.29) is 17.8 Å². The molecule has 2 atom stereocenters. The van der Waals surface area contributed by atoms with Crippen molar-refractivity contribution in [2.24, 2.45) is 0 Å². The third kappa shape index (κ3) is 3.61. The first-order valence-electron chi connectivity index (χ1n) is 10.2. The SMILES string of the molecule is Cc1c(Cl)cccc1-c1ccc([C@H]2[C@@H](c3ccccn3)NC(=S)N2c2ccc(O)cc2)o1. The van der Waals surface area contributed by atoms with Crippen molar-refractivity contribution in [3.63, 3.8) is 0 Å². The molecule has 0 spiro atoms. The average Bonchev–Trinajstić information content (AvgIpc) is 3.41. The number of pyridine rings is 1. The van der Waals surface area contributed by atoms with Crippen molar-refractivity contribution in [2.45, 2.75) is 19.0 Å². The van der Waals surface area contributed by atoms with Crippen molar-refractivity contribution in [2.75, 3.05) is 4.90 Å². The highest BCUT2D eigenvalue weighted by molar-refractivity contribution is 7.80. The maximum absolute atomic E-state index is 9.75. The van der Waals surface area contributed by atoms with Gasteiger partial charge >= 0.3 is 0 Å². The number of rotatable bonds is 4. The van der Waals surface area contributed by atoms with E-state index in [9.17, 15) is 5.11 Å². The van der Waals surface area contributed by atoms with E-state index >= 15 is 0 Å². The second-order valence-electron chi connectivity index (χ2n) is 7.63. The van der Waals surface area contributed by atoms with E-state index in [2.05, 4.69) is 10.3 Å². The van der Waals surface area contributed by atoms with Crippen molar-refractivity contribution in [1.29, 1.82) is 0 Å². The van der Waals surface area contributed by atoms with Crippen molar-refractivity contribution < 1.29 is 9.52 Å². The number of halogens is 1. The number of phenolic OH excluding ortho intramolecular Hbond substituents is 1. The first-order chi connectivity index (χ1) is 15.5. The van der Waals surface area contributed by atoms with Gasteiger partial charge in [-0.15, -0.1) is 0 Å². The standard InChI is InChI=1S/C25H20ClN3O2S/c1-15-18(5-4-6-19(15)26)21-12-13-22(31-21)24-23(20-7-2-3-14-27-20)28-25(32)29(24)16-8-10-17(30)11-9-16/h2-14,23-24,30H,1H3,(H,28,32)/t23-,24+/m1/s1. The van der Waals surface area contributed by atoms with Gasteiger partial charge in [-0.3, -0.25) is 4.98 Å². The molecule has 2 aromatic carbocycles. The maximum atomic E-state index is 9.75. The molecule has 1 aliphatic heterocycles. The highest BCUT2D eigenvalue weighted by Gasteiger charge is 2.42. The number of aromatic nitrogens is 1. The van der Waals surface area contributed by atoms with Crippen molar-refractivity contribution in [1.82, 2.24) is 10.3 Å². The molecule has 5 nitrogen and oxygen atoms in total. The van der Waals surface area contributed by atoms with E-state index in [4.69, 9.17) is 28.2 Å². The van der Waals surface area contributed by atoms with Crippen molar-refractivity contribution >= 4 is 34.6 Å². The molecule has 0 amide bonds. The molecule has 0 aliphatic carbocycles. The molecule has 0 saturated carbocycles. The topological polar surface area (TPSA) is 61.5 Å². The molecule has 160 valence electrons. The second-order valence-corrected chi connectivity index (χ2v) is 8.42. The van der Waals surface area contributed by atoms with Gasteiger partial charge in [0.2, 0.25) is 0 Å². The van der Waals surface area contributed by atoms with Crippen LogP contribution in [0.15, 0.2) is 83.4 Å². The number of anilines is 1. The largest absolute Gasteiger partial charge is 0.508 e.